The third-order valence-electron chi connectivity index (χ3n) is 7.58. The number of aryl methyl sites for hydroxylation is 1. The van der Waals surface area contributed by atoms with E-state index in [1.807, 2.05) is 18.7 Å². The highest BCUT2D eigenvalue weighted by Crippen LogP contribution is 2.36. The molecule has 0 spiro atoms. The molecule has 174 valence electrons. The number of fused-ring (bicyclic) bond motifs is 1. The SMILES string of the molecule is CN(C)CCn1nc2n(c1=O)CCC(NC(=O)C1(N3CCCCC3)CCCCC1)CC2. The van der Waals surface area contributed by atoms with Crippen LogP contribution in [0.15, 0.2) is 4.79 Å². The number of carbonyl (C=O) groups excluding carboxylic acids is 1. The molecule has 8 nitrogen and oxygen atoms in total. The third kappa shape index (κ3) is 4.90. The highest BCUT2D eigenvalue weighted by atomic mass is 16.2. The van der Waals surface area contributed by atoms with Gasteiger partial charge in [0.15, 0.2) is 0 Å². The molecule has 1 amide bonds. The monoisotopic (exact) mass is 432 g/mol. The summed E-state index contributed by atoms with van der Waals surface area (Å²) >= 11 is 0. The van der Waals surface area contributed by atoms with E-state index in [0.29, 0.717) is 13.1 Å². The fraction of sp³-hybridized carbons (Fsp3) is 0.870. The number of rotatable bonds is 6. The molecule has 1 aromatic rings. The van der Waals surface area contributed by atoms with Crippen LogP contribution in [0.5, 0.6) is 0 Å². The van der Waals surface area contributed by atoms with Crippen molar-refractivity contribution in [2.45, 2.75) is 95.3 Å². The normalized spacial score (nSPS) is 24.5. The molecule has 1 saturated carbocycles. The minimum Gasteiger partial charge on any atom is -0.352 e. The molecular formula is C23H40N6O2. The van der Waals surface area contributed by atoms with Gasteiger partial charge in [-0.05, 0) is 65.7 Å². The molecule has 0 bridgehead atoms. The largest absolute Gasteiger partial charge is 0.352 e. The summed E-state index contributed by atoms with van der Waals surface area (Å²) in [6.45, 7) is 4.16. The van der Waals surface area contributed by atoms with Crippen molar-refractivity contribution in [1.82, 2.24) is 29.5 Å². The van der Waals surface area contributed by atoms with Crippen molar-refractivity contribution in [2.75, 3.05) is 33.7 Å². The van der Waals surface area contributed by atoms with Gasteiger partial charge in [-0.25, -0.2) is 9.48 Å². The first-order chi connectivity index (χ1) is 15.0. The predicted octanol–water partition coefficient (Wildman–Crippen LogP) is 1.62. The number of aromatic nitrogens is 3. The van der Waals surface area contributed by atoms with Gasteiger partial charge in [0.1, 0.15) is 11.4 Å². The Hall–Kier alpha value is -1.67. The number of hydrogen-bond acceptors (Lipinski definition) is 5. The Morgan fingerprint density at radius 1 is 1.06 bits per heavy atom. The maximum atomic E-state index is 13.6. The Bertz CT molecular complexity index is 801. The first-order valence-corrected chi connectivity index (χ1v) is 12.4. The van der Waals surface area contributed by atoms with Crippen LogP contribution in [-0.2, 0) is 24.3 Å². The van der Waals surface area contributed by atoms with Gasteiger partial charge in [0.2, 0.25) is 5.91 Å². The minimum atomic E-state index is -0.308. The van der Waals surface area contributed by atoms with Crippen LogP contribution >= 0.6 is 0 Å². The lowest BCUT2D eigenvalue weighted by atomic mass is 9.78. The van der Waals surface area contributed by atoms with Crippen LogP contribution < -0.4 is 11.0 Å². The second kappa shape index (κ2) is 9.86. The van der Waals surface area contributed by atoms with Crippen LogP contribution in [-0.4, -0.2) is 75.4 Å². The second-order valence-corrected chi connectivity index (χ2v) is 10.0. The summed E-state index contributed by atoms with van der Waals surface area (Å²) in [5.41, 5.74) is -0.321. The van der Waals surface area contributed by atoms with Crippen LogP contribution in [0.2, 0.25) is 0 Å². The molecule has 31 heavy (non-hydrogen) atoms. The molecule has 2 aliphatic heterocycles. The first-order valence-electron chi connectivity index (χ1n) is 12.4. The van der Waals surface area contributed by atoms with Crippen LogP contribution in [0, 0.1) is 0 Å². The average molecular weight is 433 g/mol. The molecule has 1 aromatic heterocycles. The Kier molecular flexibility index (Phi) is 7.16. The summed E-state index contributed by atoms with van der Waals surface area (Å²) in [6.07, 6.45) is 11.6. The van der Waals surface area contributed by atoms with E-state index in [-0.39, 0.29) is 23.2 Å². The fourth-order valence-corrected chi connectivity index (χ4v) is 5.68. The Morgan fingerprint density at radius 2 is 1.77 bits per heavy atom. The molecule has 0 aromatic carbocycles. The van der Waals surface area contributed by atoms with E-state index in [1.54, 1.807) is 4.68 Å². The van der Waals surface area contributed by atoms with Gasteiger partial charge in [0, 0.05) is 25.6 Å². The van der Waals surface area contributed by atoms with E-state index in [9.17, 15) is 9.59 Å². The summed E-state index contributed by atoms with van der Waals surface area (Å²) in [5.74, 6) is 1.10. The average Bonchev–Trinajstić information content (AvgIpc) is 2.95. The third-order valence-corrected chi connectivity index (χ3v) is 7.58. The molecule has 3 aliphatic rings. The van der Waals surface area contributed by atoms with Gasteiger partial charge in [-0.1, -0.05) is 25.7 Å². The molecule has 8 heteroatoms. The van der Waals surface area contributed by atoms with Crippen molar-refractivity contribution >= 4 is 5.91 Å². The van der Waals surface area contributed by atoms with Gasteiger partial charge in [0.25, 0.3) is 0 Å². The van der Waals surface area contributed by atoms with Crippen molar-refractivity contribution in [2.24, 2.45) is 0 Å². The van der Waals surface area contributed by atoms with E-state index >= 15 is 0 Å². The molecule has 1 unspecified atom stereocenters. The number of nitrogens with one attached hydrogen (secondary N) is 1. The molecule has 4 rings (SSSR count). The Labute approximate surface area is 186 Å². The molecular weight excluding hydrogens is 392 g/mol. The van der Waals surface area contributed by atoms with E-state index < -0.39 is 0 Å². The van der Waals surface area contributed by atoms with E-state index in [2.05, 4.69) is 20.2 Å². The zero-order valence-electron chi connectivity index (χ0n) is 19.4. The molecule has 1 saturated heterocycles. The highest BCUT2D eigenvalue weighted by molar-refractivity contribution is 5.86. The number of carbonyl (C=O) groups is 1. The van der Waals surface area contributed by atoms with Gasteiger partial charge in [-0.3, -0.25) is 14.3 Å². The topological polar surface area (TPSA) is 75.4 Å². The molecule has 3 heterocycles. The zero-order valence-corrected chi connectivity index (χ0v) is 19.4. The van der Waals surface area contributed by atoms with Crippen molar-refractivity contribution in [1.29, 1.82) is 0 Å². The van der Waals surface area contributed by atoms with Gasteiger partial charge < -0.3 is 10.2 Å². The smallest absolute Gasteiger partial charge is 0.345 e. The number of nitrogens with zero attached hydrogens (tertiary/aromatic N) is 5. The van der Waals surface area contributed by atoms with Crippen molar-refractivity contribution in [3.8, 4) is 0 Å². The van der Waals surface area contributed by atoms with Gasteiger partial charge in [-0.15, -0.1) is 0 Å². The molecule has 1 atom stereocenters. The van der Waals surface area contributed by atoms with Gasteiger partial charge >= 0.3 is 5.69 Å². The fourth-order valence-electron chi connectivity index (χ4n) is 5.68. The van der Waals surface area contributed by atoms with E-state index in [4.69, 9.17) is 0 Å². The summed E-state index contributed by atoms with van der Waals surface area (Å²) in [5, 5.41) is 8.02. The molecule has 2 fully saturated rings. The lowest BCUT2D eigenvalue weighted by molar-refractivity contribution is -0.138. The maximum Gasteiger partial charge on any atom is 0.345 e. The lowest BCUT2D eigenvalue weighted by Gasteiger charge is -2.47. The first kappa shape index (κ1) is 22.5. The van der Waals surface area contributed by atoms with Crippen molar-refractivity contribution < 1.29 is 4.79 Å². The second-order valence-electron chi connectivity index (χ2n) is 10.0. The van der Waals surface area contributed by atoms with E-state index in [0.717, 1.165) is 70.4 Å². The van der Waals surface area contributed by atoms with Crippen LogP contribution in [0.1, 0.15) is 70.0 Å². The summed E-state index contributed by atoms with van der Waals surface area (Å²) in [6, 6.07) is 0.118. The highest BCUT2D eigenvalue weighted by Gasteiger charge is 2.45. The lowest BCUT2D eigenvalue weighted by Crippen LogP contribution is -2.62. The van der Waals surface area contributed by atoms with Crippen LogP contribution in [0.4, 0.5) is 0 Å². The molecule has 1 N–H and O–H groups in total. The quantitative estimate of drug-likeness (QED) is 0.739. The zero-order chi connectivity index (χ0) is 21.8. The number of piperidine rings is 1. The van der Waals surface area contributed by atoms with Crippen LogP contribution in [0.3, 0.4) is 0 Å². The summed E-state index contributed by atoms with van der Waals surface area (Å²) in [7, 11) is 4.00. The number of amides is 1. The summed E-state index contributed by atoms with van der Waals surface area (Å²) < 4.78 is 3.42. The molecule has 0 radical (unpaired) electrons. The van der Waals surface area contributed by atoms with Crippen LogP contribution in [0.25, 0.3) is 0 Å². The molecule has 1 aliphatic carbocycles. The summed E-state index contributed by atoms with van der Waals surface area (Å²) in [4.78, 5) is 31.0. The van der Waals surface area contributed by atoms with Crippen molar-refractivity contribution in [3.63, 3.8) is 0 Å². The van der Waals surface area contributed by atoms with E-state index in [1.165, 1.54) is 25.7 Å². The van der Waals surface area contributed by atoms with Gasteiger partial charge in [0.05, 0.1) is 6.54 Å². The number of likely N-dealkylation sites (N-methyl/N-ethyl adjacent to an activating group) is 1. The minimum absolute atomic E-state index is 0.0131. The maximum absolute atomic E-state index is 13.6. The Morgan fingerprint density at radius 3 is 2.48 bits per heavy atom. The Balaban J connectivity index is 1.41. The number of hydrogen-bond donors (Lipinski definition) is 1. The standard InChI is InChI=1S/C23H40N6O2/c1-26(2)17-18-29-22(31)28-16-11-19(9-10-20(28)25-29)24-21(30)23(12-5-3-6-13-23)27-14-7-4-8-15-27/h19H,3-18H2,1-2H3,(H,24,30). The van der Waals surface area contributed by atoms with Gasteiger partial charge in [-0.2, -0.15) is 5.10 Å². The number of likely N-dealkylation sites (tertiary alicyclic amines) is 1. The predicted molar refractivity (Wildman–Crippen MR) is 121 cm³/mol. The van der Waals surface area contributed by atoms with Crippen molar-refractivity contribution in [3.05, 3.63) is 16.3 Å².